The van der Waals surface area contributed by atoms with Crippen LogP contribution in [0, 0.1) is 23.2 Å². The second-order valence-electron chi connectivity index (χ2n) is 7.93. The highest BCUT2D eigenvalue weighted by molar-refractivity contribution is 5.75. The minimum atomic E-state index is -0.760. The monoisotopic (exact) mass is 313 g/mol. The summed E-state index contributed by atoms with van der Waals surface area (Å²) in [6, 6.07) is 0. The van der Waals surface area contributed by atoms with Crippen molar-refractivity contribution < 1.29 is 24.2 Å². The lowest BCUT2D eigenvalue weighted by atomic mass is 9.94. The zero-order valence-corrected chi connectivity index (χ0v) is 14.0. The summed E-state index contributed by atoms with van der Waals surface area (Å²) in [7, 11) is 0. The maximum absolute atomic E-state index is 11.7. The van der Waals surface area contributed by atoms with Crippen molar-refractivity contribution in [1.82, 2.24) is 5.32 Å². The van der Waals surface area contributed by atoms with Gasteiger partial charge in [-0.05, 0) is 32.6 Å². The Bertz CT molecular complexity index is 454. The van der Waals surface area contributed by atoms with Gasteiger partial charge in [0.15, 0.2) is 0 Å². The zero-order chi connectivity index (χ0) is 16.7. The van der Waals surface area contributed by atoms with Crippen LogP contribution in [0.3, 0.4) is 0 Å². The van der Waals surface area contributed by atoms with Gasteiger partial charge < -0.3 is 19.9 Å². The quantitative estimate of drug-likeness (QED) is 0.831. The molecule has 1 saturated heterocycles. The van der Waals surface area contributed by atoms with Crippen LogP contribution >= 0.6 is 0 Å². The standard InChI is InChI=1S/C16H27NO5/c1-15(2,3)22-14(20)17-8-9-6-7-21-12(9)10-11(13(18)19)16(10,4)5/h9-12H,6-8H2,1-5H3,(H,17,20)(H,18,19)/t9-,10-,11-,12?/m0/s1. The lowest BCUT2D eigenvalue weighted by Crippen LogP contribution is -2.38. The molecule has 0 bridgehead atoms. The smallest absolute Gasteiger partial charge is 0.407 e. The summed E-state index contributed by atoms with van der Waals surface area (Å²) < 4.78 is 11.0. The third kappa shape index (κ3) is 3.54. The molecule has 1 saturated carbocycles. The molecule has 1 aliphatic heterocycles. The van der Waals surface area contributed by atoms with Gasteiger partial charge in [-0.3, -0.25) is 4.79 Å². The minimum Gasteiger partial charge on any atom is -0.481 e. The van der Waals surface area contributed by atoms with Gasteiger partial charge >= 0.3 is 12.1 Å². The van der Waals surface area contributed by atoms with Gasteiger partial charge in [-0.25, -0.2) is 4.79 Å². The van der Waals surface area contributed by atoms with Crippen molar-refractivity contribution >= 4 is 12.1 Å². The van der Waals surface area contributed by atoms with Crippen LogP contribution in [0.25, 0.3) is 0 Å². The summed E-state index contributed by atoms with van der Waals surface area (Å²) in [5, 5.41) is 12.1. The molecule has 6 nitrogen and oxygen atoms in total. The molecule has 1 unspecified atom stereocenters. The number of alkyl carbamates (subject to hydrolysis) is 1. The van der Waals surface area contributed by atoms with Gasteiger partial charge in [-0.15, -0.1) is 0 Å². The van der Waals surface area contributed by atoms with E-state index in [1.165, 1.54) is 0 Å². The third-order valence-electron chi connectivity index (χ3n) is 4.70. The van der Waals surface area contributed by atoms with Crippen molar-refractivity contribution in [2.24, 2.45) is 23.2 Å². The van der Waals surface area contributed by atoms with Gasteiger partial charge in [0.1, 0.15) is 5.60 Å². The van der Waals surface area contributed by atoms with Gasteiger partial charge in [0.2, 0.25) is 0 Å². The zero-order valence-electron chi connectivity index (χ0n) is 14.0. The number of aliphatic carboxylic acids is 1. The van der Waals surface area contributed by atoms with Crippen LogP contribution in [0.5, 0.6) is 0 Å². The molecule has 0 aromatic carbocycles. The predicted molar refractivity (Wildman–Crippen MR) is 80.5 cm³/mol. The molecule has 1 aliphatic carbocycles. The Morgan fingerprint density at radius 3 is 2.50 bits per heavy atom. The van der Waals surface area contributed by atoms with E-state index in [4.69, 9.17) is 9.47 Å². The third-order valence-corrected chi connectivity index (χ3v) is 4.70. The Morgan fingerprint density at radius 1 is 1.36 bits per heavy atom. The highest BCUT2D eigenvalue weighted by Gasteiger charge is 2.66. The van der Waals surface area contributed by atoms with Crippen LogP contribution in [0.2, 0.25) is 0 Å². The van der Waals surface area contributed by atoms with Crippen molar-refractivity contribution in [3.63, 3.8) is 0 Å². The van der Waals surface area contributed by atoms with Gasteiger partial charge in [0.05, 0.1) is 12.0 Å². The first-order valence-corrected chi connectivity index (χ1v) is 7.85. The van der Waals surface area contributed by atoms with Gasteiger partial charge in [-0.1, -0.05) is 13.8 Å². The van der Waals surface area contributed by atoms with Crippen LogP contribution in [-0.2, 0) is 14.3 Å². The van der Waals surface area contributed by atoms with E-state index in [-0.39, 0.29) is 29.3 Å². The highest BCUT2D eigenvalue weighted by Crippen LogP contribution is 2.62. The highest BCUT2D eigenvalue weighted by atomic mass is 16.6. The maximum atomic E-state index is 11.7. The van der Waals surface area contributed by atoms with Crippen LogP contribution < -0.4 is 5.32 Å². The summed E-state index contributed by atoms with van der Waals surface area (Å²) in [5.41, 5.74) is -0.770. The summed E-state index contributed by atoms with van der Waals surface area (Å²) in [6.45, 7) is 10.5. The molecule has 1 amide bonds. The first-order chi connectivity index (χ1) is 10.0. The number of amides is 1. The summed E-state index contributed by atoms with van der Waals surface area (Å²) >= 11 is 0. The van der Waals surface area contributed by atoms with Gasteiger partial charge in [0, 0.05) is 25.0 Å². The number of ether oxygens (including phenoxy) is 2. The Balaban J connectivity index is 1.90. The summed E-state index contributed by atoms with van der Waals surface area (Å²) in [5.74, 6) is -0.969. The van der Waals surface area contributed by atoms with E-state index >= 15 is 0 Å². The van der Waals surface area contributed by atoms with Crippen molar-refractivity contribution in [3.8, 4) is 0 Å². The average Bonchev–Trinajstić information content (AvgIpc) is 2.70. The number of carbonyl (C=O) groups is 2. The van der Waals surface area contributed by atoms with Crippen molar-refractivity contribution in [2.75, 3.05) is 13.2 Å². The Hall–Kier alpha value is -1.30. The maximum Gasteiger partial charge on any atom is 0.407 e. The number of hydrogen-bond donors (Lipinski definition) is 2. The number of nitrogens with one attached hydrogen (secondary N) is 1. The lowest BCUT2D eigenvalue weighted by molar-refractivity contribution is -0.139. The van der Waals surface area contributed by atoms with Crippen molar-refractivity contribution in [2.45, 2.75) is 52.7 Å². The molecule has 0 aromatic rings. The van der Waals surface area contributed by atoms with E-state index < -0.39 is 17.7 Å². The van der Waals surface area contributed by atoms with Crippen LogP contribution in [0.1, 0.15) is 41.0 Å². The van der Waals surface area contributed by atoms with Crippen LogP contribution in [0.15, 0.2) is 0 Å². The largest absolute Gasteiger partial charge is 0.481 e. The SMILES string of the molecule is CC(C)(C)OC(=O)NC[C@@H]1CCOC1[C@@H]1[C@@H](C(=O)O)C1(C)C. The average molecular weight is 313 g/mol. The van der Waals surface area contributed by atoms with E-state index in [2.05, 4.69) is 5.32 Å². The minimum absolute atomic E-state index is 0.0120. The van der Waals surface area contributed by atoms with Gasteiger partial charge in [0.25, 0.3) is 0 Å². The molecule has 2 aliphatic rings. The molecular weight excluding hydrogens is 286 g/mol. The van der Waals surface area contributed by atoms with E-state index in [1.54, 1.807) is 0 Å². The Labute approximate surface area is 131 Å². The summed E-state index contributed by atoms with van der Waals surface area (Å²) in [4.78, 5) is 23.1. The topological polar surface area (TPSA) is 84.9 Å². The van der Waals surface area contributed by atoms with E-state index in [9.17, 15) is 14.7 Å². The van der Waals surface area contributed by atoms with E-state index in [0.717, 1.165) is 6.42 Å². The molecule has 6 heteroatoms. The van der Waals surface area contributed by atoms with E-state index in [1.807, 2.05) is 34.6 Å². The number of hydrogen-bond acceptors (Lipinski definition) is 4. The number of carboxylic acids is 1. The number of carboxylic acid groups (broad SMARTS) is 1. The summed E-state index contributed by atoms with van der Waals surface area (Å²) in [6.07, 6.45) is 0.286. The fraction of sp³-hybridized carbons (Fsp3) is 0.875. The molecule has 0 radical (unpaired) electrons. The molecule has 4 atom stereocenters. The molecule has 1 heterocycles. The fourth-order valence-electron chi connectivity index (χ4n) is 3.56. The number of rotatable bonds is 4. The van der Waals surface area contributed by atoms with Crippen LogP contribution in [0.4, 0.5) is 4.79 Å². The molecule has 0 aromatic heterocycles. The lowest BCUT2D eigenvalue weighted by Gasteiger charge is -2.23. The first kappa shape index (κ1) is 17.1. The first-order valence-electron chi connectivity index (χ1n) is 7.85. The van der Waals surface area contributed by atoms with Crippen LogP contribution in [-0.4, -0.2) is 42.0 Å². The predicted octanol–water partition coefficient (Wildman–Crippen LogP) is 2.27. The molecule has 2 rings (SSSR count). The molecule has 22 heavy (non-hydrogen) atoms. The molecule has 126 valence electrons. The number of carbonyl (C=O) groups excluding carboxylic acids is 1. The molecule has 0 spiro atoms. The molecular formula is C16H27NO5. The molecule has 2 N–H and O–H groups in total. The Kier molecular flexibility index (Phi) is 4.44. The normalized spacial score (nSPS) is 33.3. The second-order valence-corrected chi connectivity index (χ2v) is 7.93. The van der Waals surface area contributed by atoms with Crippen molar-refractivity contribution in [3.05, 3.63) is 0 Å². The van der Waals surface area contributed by atoms with Crippen molar-refractivity contribution in [1.29, 1.82) is 0 Å². The van der Waals surface area contributed by atoms with Gasteiger partial charge in [-0.2, -0.15) is 0 Å². The fourth-order valence-corrected chi connectivity index (χ4v) is 3.56. The van der Waals surface area contributed by atoms with E-state index in [0.29, 0.717) is 13.2 Å². The second kappa shape index (κ2) is 5.72. The molecule has 2 fully saturated rings. The Morgan fingerprint density at radius 2 is 2.00 bits per heavy atom.